The highest BCUT2D eigenvalue weighted by atomic mass is 16.6. The number of tetrazole rings is 1. The summed E-state index contributed by atoms with van der Waals surface area (Å²) in [4.78, 5) is 22.7. The first-order valence-corrected chi connectivity index (χ1v) is 7.13. The molecule has 10 heteroatoms. The number of rotatable bonds is 5. The van der Waals surface area contributed by atoms with Crippen LogP contribution in [0.3, 0.4) is 0 Å². The van der Waals surface area contributed by atoms with Gasteiger partial charge >= 0.3 is 0 Å². The molecule has 0 fully saturated rings. The molecule has 3 rings (SSSR count). The Kier molecular flexibility index (Phi) is 4.33. The Hall–Kier alpha value is -3.82. The second-order valence-electron chi connectivity index (χ2n) is 5.04. The van der Waals surface area contributed by atoms with Crippen LogP contribution in [0.5, 0.6) is 5.75 Å². The molecule has 0 aliphatic carbocycles. The highest BCUT2D eigenvalue weighted by molar-refractivity contribution is 5.96. The van der Waals surface area contributed by atoms with Gasteiger partial charge in [-0.05, 0) is 28.1 Å². The van der Waals surface area contributed by atoms with Crippen LogP contribution in [0.1, 0.15) is 5.56 Å². The number of hydrogen-bond donors (Lipinski definition) is 2. The Morgan fingerprint density at radius 3 is 2.76 bits per heavy atom. The summed E-state index contributed by atoms with van der Waals surface area (Å²) in [6.07, 6.45) is 1.31. The SMILES string of the molecule is O=C(Cc1ccccc1-n1cnnn1)Nc1c(O)cccc1[N+](=O)[O-]. The van der Waals surface area contributed by atoms with Gasteiger partial charge in [-0.2, -0.15) is 0 Å². The Balaban J connectivity index is 1.85. The van der Waals surface area contributed by atoms with Crippen LogP contribution in [-0.2, 0) is 11.2 Å². The number of carbonyl (C=O) groups excluding carboxylic acids is 1. The Labute approximate surface area is 140 Å². The quantitative estimate of drug-likeness (QED) is 0.407. The van der Waals surface area contributed by atoms with Crippen LogP contribution in [0, 0.1) is 10.1 Å². The van der Waals surface area contributed by atoms with Crippen molar-refractivity contribution in [3.8, 4) is 11.4 Å². The van der Waals surface area contributed by atoms with Crippen LogP contribution in [0.2, 0.25) is 0 Å². The predicted molar refractivity (Wildman–Crippen MR) is 86.2 cm³/mol. The maximum atomic E-state index is 12.3. The number of nitro groups is 1. The number of anilines is 1. The minimum absolute atomic E-state index is 0.0818. The van der Waals surface area contributed by atoms with E-state index in [9.17, 15) is 20.0 Å². The van der Waals surface area contributed by atoms with Crippen LogP contribution in [0.15, 0.2) is 48.8 Å². The molecule has 0 radical (unpaired) electrons. The molecule has 0 aliphatic heterocycles. The molecule has 1 heterocycles. The highest BCUT2D eigenvalue weighted by Gasteiger charge is 2.20. The Morgan fingerprint density at radius 1 is 1.24 bits per heavy atom. The van der Waals surface area contributed by atoms with Crippen LogP contribution in [0.25, 0.3) is 5.69 Å². The number of phenolic OH excluding ortho intramolecular Hbond substituents is 1. The van der Waals surface area contributed by atoms with Crippen molar-refractivity contribution in [3.63, 3.8) is 0 Å². The number of nitrogens with one attached hydrogen (secondary N) is 1. The third-order valence-corrected chi connectivity index (χ3v) is 3.42. The number of carbonyl (C=O) groups is 1. The summed E-state index contributed by atoms with van der Waals surface area (Å²) in [6, 6.07) is 10.8. The van der Waals surface area contributed by atoms with E-state index in [1.807, 2.05) is 0 Å². The van der Waals surface area contributed by atoms with Crippen molar-refractivity contribution in [2.45, 2.75) is 6.42 Å². The fourth-order valence-corrected chi connectivity index (χ4v) is 2.32. The lowest BCUT2D eigenvalue weighted by Crippen LogP contribution is -2.17. The summed E-state index contributed by atoms with van der Waals surface area (Å²) in [7, 11) is 0. The second-order valence-corrected chi connectivity index (χ2v) is 5.04. The van der Waals surface area contributed by atoms with Crippen LogP contribution in [0.4, 0.5) is 11.4 Å². The number of nitro benzene ring substituents is 1. The molecule has 0 atom stereocenters. The van der Waals surface area contributed by atoms with Gasteiger partial charge in [0.2, 0.25) is 5.91 Å². The number of phenols is 1. The molecule has 10 nitrogen and oxygen atoms in total. The molecule has 126 valence electrons. The first-order valence-electron chi connectivity index (χ1n) is 7.13. The van der Waals surface area contributed by atoms with Gasteiger partial charge in [-0.25, -0.2) is 4.68 Å². The van der Waals surface area contributed by atoms with E-state index < -0.39 is 10.8 Å². The summed E-state index contributed by atoms with van der Waals surface area (Å²) in [5.41, 5.74) is 0.597. The van der Waals surface area contributed by atoms with Crippen LogP contribution < -0.4 is 5.32 Å². The summed E-state index contributed by atoms with van der Waals surface area (Å²) >= 11 is 0. The van der Waals surface area contributed by atoms with Gasteiger partial charge in [0.15, 0.2) is 5.69 Å². The van der Waals surface area contributed by atoms with Crippen molar-refractivity contribution in [1.29, 1.82) is 0 Å². The lowest BCUT2D eigenvalue weighted by atomic mass is 10.1. The molecule has 0 saturated heterocycles. The van der Waals surface area contributed by atoms with Crippen molar-refractivity contribution >= 4 is 17.3 Å². The normalized spacial score (nSPS) is 10.4. The van der Waals surface area contributed by atoms with Crippen molar-refractivity contribution < 1.29 is 14.8 Å². The van der Waals surface area contributed by atoms with Crippen molar-refractivity contribution in [2.75, 3.05) is 5.32 Å². The van der Waals surface area contributed by atoms with Gasteiger partial charge in [0.1, 0.15) is 12.1 Å². The van der Waals surface area contributed by atoms with Gasteiger partial charge in [0.25, 0.3) is 5.69 Å². The lowest BCUT2D eigenvalue weighted by Gasteiger charge is -2.10. The number of nitrogens with zero attached hydrogens (tertiary/aromatic N) is 5. The predicted octanol–water partition coefficient (Wildman–Crippen LogP) is 1.46. The highest BCUT2D eigenvalue weighted by Crippen LogP contribution is 2.33. The number of aromatic nitrogens is 4. The van der Waals surface area contributed by atoms with Crippen molar-refractivity contribution in [3.05, 3.63) is 64.5 Å². The van der Waals surface area contributed by atoms with Gasteiger partial charge < -0.3 is 10.4 Å². The molecule has 0 unspecified atom stereocenters. The van der Waals surface area contributed by atoms with Gasteiger partial charge in [-0.1, -0.05) is 24.3 Å². The van der Waals surface area contributed by atoms with Crippen molar-refractivity contribution in [1.82, 2.24) is 20.2 Å². The van der Waals surface area contributed by atoms with E-state index in [0.717, 1.165) is 0 Å². The largest absolute Gasteiger partial charge is 0.505 e. The molecule has 0 bridgehead atoms. The van der Waals surface area contributed by atoms with Crippen LogP contribution in [-0.4, -0.2) is 36.1 Å². The summed E-state index contributed by atoms with van der Waals surface area (Å²) in [5.74, 6) is -0.901. The average Bonchev–Trinajstić information content (AvgIpc) is 3.11. The molecular weight excluding hydrogens is 328 g/mol. The number of hydrogen-bond acceptors (Lipinski definition) is 7. The number of benzene rings is 2. The first-order chi connectivity index (χ1) is 12.1. The van der Waals surface area contributed by atoms with E-state index in [4.69, 9.17) is 0 Å². The van der Waals surface area contributed by atoms with E-state index in [1.54, 1.807) is 24.3 Å². The Bertz CT molecular complexity index is 926. The zero-order valence-electron chi connectivity index (χ0n) is 12.7. The summed E-state index contributed by atoms with van der Waals surface area (Å²) in [6.45, 7) is 0. The molecule has 2 N–H and O–H groups in total. The standard InChI is InChI=1S/C15H12N6O4/c22-13-7-3-6-12(21(24)25)15(13)17-14(23)8-10-4-1-2-5-11(10)20-9-16-18-19-20/h1-7,9,22H,8H2,(H,17,23). The molecule has 2 aromatic carbocycles. The maximum absolute atomic E-state index is 12.3. The minimum Gasteiger partial charge on any atom is -0.505 e. The summed E-state index contributed by atoms with van der Waals surface area (Å²) in [5, 5.41) is 34.1. The smallest absolute Gasteiger partial charge is 0.296 e. The third kappa shape index (κ3) is 3.42. The first kappa shape index (κ1) is 16.1. The molecule has 3 aromatic rings. The molecule has 1 aromatic heterocycles. The van der Waals surface area contributed by atoms with E-state index >= 15 is 0 Å². The zero-order valence-corrected chi connectivity index (χ0v) is 12.7. The number of amides is 1. The zero-order chi connectivity index (χ0) is 17.8. The van der Waals surface area contributed by atoms with Gasteiger partial charge in [0, 0.05) is 6.07 Å². The van der Waals surface area contributed by atoms with Gasteiger partial charge in [0.05, 0.1) is 17.0 Å². The topological polar surface area (TPSA) is 136 Å². The molecular formula is C15H12N6O4. The molecule has 0 aliphatic rings. The summed E-state index contributed by atoms with van der Waals surface area (Å²) < 4.78 is 1.41. The van der Waals surface area contributed by atoms with E-state index in [1.165, 1.54) is 29.2 Å². The monoisotopic (exact) mass is 340 g/mol. The van der Waals surface area contributed by atoms with Crippen LogP contribution >= 0.6 is 0 Å². The molecule has 0 saturated carbocycles. The van der Waals surface area contributed by atoms with Gasteiger partial charge in [-0.15, -0.1) is 5.10 Å². The maximum Gasteiger partial charge on any atom is 0.296 e. The molecule has 0 spiro atoms. The average molecular weight is 340 g/mol. The fraction of sp³-hybridized carbons (Fsp3) is 0.0667. The molecule has 1 amide bonds. The lowest BCUT2D eigenvalue weighted by molar-refractivity contribution is -0.384. The van der Waals surface area contributed by atoms with Gasteiger partial charge in [-0.3, -0.25) is 14.9 Å². The fourth-order valence-electron chi connectivity index (χ4n) is 2.32. The van der Waals surface area contributed by atoms with E-state index in [2.05, 4.69) is 20.8 Å². The minimum atomic E-state index is -0.676. The van der Waals surface area contributed by atoms with E-state index in [0.29, 0.717) is 11.3 Å². The number of aromatic hydroxyl groups is 1. The number of para-hydroxylation sites is 2. The Morgan fingerprint density at radius 2 is 2.04 bits per heavy atom. The van der Waals surface area contributed by atoms with Crippen molar-refractivity contribution in [2.24, 2.45) is 0 Å². The third-order valence-electron chi connectivity index (χ3n) is 3.42. The molecule has 25 heavy (non-hydrogen) atoms. The second kappa shape index (κ2) is 6.74. The van der Waals surface area contributed by atoms with E-state index in [-0.39, 0.29) is 23.5 Å².